The number of nitrogens with zero attached hydrogens (tertiary/aromatic N) is 2. The highest BCUT2D eigenvalue weighted by atomic mass is 19.1. The first-order chi connectivity index (χ1) is 9.13. The van der Waals surface area contributed by atoms with Crippen molar-refractivity contribution in [3.8, 4) is 0 Å². The van der Waals surface area contributed by atoms with Crippen molar-refractivity contribution in [2.24, 2.45) is 0 Å². The molecule has 0 aliphatic rings. The Morgan fingerprint density at radius 1 is 1.32 bits per heavy atom. The summed E-state index contributed by atoms with van der Waals surface area (Å²) in [6.45, 7) is 2.63. The Morgan fingerprint density at radius 2 is 2.05 bits per heavy atom. The zero-order chi connectivity index (χ0) is 13.8. The molecule has 0 aliphatic carbocycles. The molecule has 0 spiro atoms. The predicted octanol–water partition coefficient (Wildman–Crippen LogP) is 3.02. The summed E-state index contributed by atoms with van der Waals surface area (Å²) in [6, 6.07) is 9.59. The van der Waals surface area contributed by atoms with E-state index in [9.17, 15) is 4.39 Å². The average molecular weight is 259 g/mol. The second-order valence-electron chi connectivity index (χ2n) is 4.51. The number of halogens is 1. The van der Waals surface area contributed by atoms with E-state index in [2.05, 4.69) is 10.3 Å². The number of hydrogen-bond acceptors (Lipinski definition) is 3. The van der Waals surface area contributed by atoms with Crippen LogP contribution in [0.15, 0.2) is 36.5 Å². The molecule has 19 heavy (non-hydrogen) atoms. The van der Waals surface area contributed by atoms with Crippen molar-refractivity contribution in [3.63, 3.8) is 0 Å². The van der Waals surface area contributed by atoms with Crippen molar-refractivity contribution in [2.75, 3.05) is 19.0 Å². The molecule has 1 heterocycles. The molecule has 0 unspecified atom stereocenters. The van der Waals surface area contributed by atoms with Gasteiger partial charge in [-0.2, -0.15) is 0 Å². The van der Waals surface area contributed by atoms with Crippen molar-refractivity contribution in [2.45, 2.75) is 13.5 Å². The standard InChI is InChI=1S/C15H18FN3/c1-11-6-4-5-7-14(11)19(3)15-12(9-17-2)8-13(16)10-18-15/h4-8,10,17H,9H2,1-3H3. The summed E-state index contributed by atoms with van der Waals surface area (Å²) in [5.41, 5.74) is 3.07. The van der Waals surface area contributed by atoms with Gasteiger partial charge in [-0.15, -0.1) is 0 Å². The van der Waals surface area contributed by atoms with E-state index in [1.54, 1.807) is 0 Å². The number of rotatable bonds is 4. The van der Waals surface area contributed by atoms with Crippen molar-refractivity contribution in [1.29, 1.82) is 0 Å². The lowest BCUT2D eigenvalue weighted by atomic mass is 10.1. The molecule has 0 radical (unpaired) electrons. The Balaban J connectivity index is 2.43. The van der Waals surface area contributed by atoms with E-state index in [1.165, 1.54) is 12.3 Å². The minimum absolute atomic E-state index is 0.313. The number of nitrogens with one attached hydrogen (secondary N) is 1. The number of aryl methyl sites for hydroxylation is 1. The van der Waals surface area contributed by atoms with E-state index >= 15 is 0 Å². The van der Waals surface area contributed by atoms with Gasteiger partial charge in [-0.05, 0) is 31.7 Å². The van der Waals surface area contributed by atoms with E-state index in [0.717, 1.165) is 22.6 Å². The van der Waals surface area contributed by atoms with Crippen LogP contribution in [-0.2, 0) is 6.54 Å². The Hall–Kier alpha value is -1.94. The summed E-state index contributed by atoms with van der Waals surface area (Å²) in [5.74, 6) is 0.456. The van der Waals surface area contributed by atoms with Crippen molar-refractivity contribution in [1.82, 2.24) is 10.3 Å². The fourth-order valence-electron chi connectivity index (χ4n) is 2.15. The number of anilines is 2. The third-order valence-corrected chi connectivity index (χ3v) is 3.07. The Labute approximate surface area is 113 Å². The van der Waals surface area contributed by atoms with Crippen molar-refractivity contribution < 1.29 is 4.39 Å². The number of para-hydroxylation sites is 1. The Bertz CT molecular complexity index is 569. The lowest BCUT2D eigenvalue weighted by Crippen LogP contribution is -2.17. The molecule has 0 aliphatic heterocycles. The van der Waals surface area contributed by atoms with Crippen LogP contribution < -0.4 is 10.2 Å². The van der Waals surface area contributed by atoms with Gasteiger partial charge in [0.25, 0.3) is 0 Å². The molecule has 0 fully saturated rings. The van der Waals surface area contributed by atoms with Crippen LogP contribution in [0.25, 0.3) is 0 Å². The normalized spacial score (nSPS) is 10.5. The molecule has 2 rings (SSSR count). The molecule has 100 valence electrons. The fourth-order valence-corrected chi connectivity index (χ4v) is 2.15. The van der Waals surface area contributed by atoms with Gasteiger partial charge in [-0.3, -0.25) is 0 Å². The first-order valence-corrected chi connectivity index (χ1v) is 6.22. The molecule has 0 amide bonds. The molecule has 1 aromatic carbocycles. The van der Waals surface area contributed by atoms with Gasteiger partial charge >= 0.3 is 0 Å². The summed E-state index contributed by atoms with van der Waals surface area (Å²) in [7, 11) is 3.78. The summed E-state index contributed by atoms with van der Waals surface area (Å²) in [5, 5.41) is 3.04. The maximum atomic E-state index is 13.3. The molecule has 0 saturated carbocycles. The second kappa shape index (κ2) is 5.80. The molecule has 0 bridgehead atoms. The van der Waals surface area contributed by atoms with E-state index < -0.39 is 0 Å². The molecule has 0 atom stereocenters. The summed E-state index contributed by atoms with van der Waals surface area (Å²) in [6.07, 6.45) is 1.25. The SMILES string of the molecule is CNCc1cc(F)cnc1N(C)c1ccccc1C. The molecule has 4 heteroatoms. The second-order valence-corrected chi connectivity index (χ2v) is 4.51. The van der Waals surface area contributed by atoms with Crippen molar-refractivity contribution in [3.05, 3.63) is 53.5 Å². The zero-order valence-electron chi connectivity index (χ0n) is 11.4. The highest BCUT2D eigenvalue weighted by Gasteiger charge is 2.13. The van der Waals surface area contributed by atoms with Crippen LogP contribution in [0.5, 0.6) is 0 Å². The van der Waals surface area contributed by atoms with Gasteiger partial charge in [0.2, 0.25) is 0 Å². The minimum atomic E-state index is -0.313. The summed E-state index contributed by atoms with van der Waals surface area (Å²) < 4.78 is 13.3. The van der Waals surface area contributed by atoms with Crippen LogP contribution in [0, 0.1) is 12.7 Å². The minimum Gasteiger partial charge on any atom is -0.329 e. The largest absolute Gasteiger partial charge is 0.329 e. The van der Waals surface area contributed by atoms with Gasteiger partial charge < -0.3 is 10.2 Å². The summed E-state index contributed by atoms with van der Waals surface area (Å²) in [4.78, 5) is 6.21. The van der Waals surface area contributed by atoms with Gasteiger partial charge in [0.15, 0.2) is 0 Å². The third-order valence-electron chi connectivity index (χ3n) is 3.07. The van der Waals surface area contributed by atoms with Gasteiger partial charge in [-0.25, -0.2) is 9.37 Å². The molecule has 1 aromatic heterocycles. The first kappa shape index (κ1) is 13.5. The smallest absolute Gasteiger partial charge is 0.141 e. The third kappa shape index (κ3) is 2.90. The highest BCUT2D eigenvalue weighted by Crippen LogP contribution is 2.27. The predicted molar refractivity (Wildman–Crippen MR) is 76.2 cm³/mol. The number of pyridine rings is 1. The maximum absolute atomic E-state index is 13.3. The van der Waals surface area contributed by atoms with Crippen LogP contribution in [-0.4, -0.2) is 19.1 Å². The topological polar surface area (TPSA) is 28.2 Å². The molecule has 3 nitrogen and oxygen atoms in total. The molecule has 0 saturated heterocycles. The van der Waals surface area contributed by atoms with Crippen LogP contribution >= 0.6 is 0 Å². The van der Waals surface area contributed by atoms with E-state index in [4.69, 9.17) is 0 Å². The van der Waals surface area contributed by atoms with Gasteiger partial charge in [0, 0.05) is 24.8 Å². The number of benzene rings is 1. The quantitative estimate of drug-likeness (QED) is 0.914. The van der Waals surface area contributed by atoms with Crippen LogP contribution in [0.2, 0.25) is 0 Å². The van der Waals surface area contributed by atoms with E-state index in [0.29, 0.717) is 6.54 Å². The number of hydrogen-bond donors (Lipinski definition) is 1. The molecule has 1 N–H and O–H groups in total. The lowest BCUT2D eigenvalue weighted by Gasteiger charge is -2.23. The maximum Gasteiger partial charge on any atom is 0.141 e. The molecular weight excluding hydrogens is 241 g/mol. The average Bonchev–Trinajstić information content (AvgIpc) is 2.39. The number of aromatic nitrogens is 1. The fraction of sp³-hybridized carbons (Fsp3) is 0.267. The van der Waals surface area contributed by atoms with Crippen molar-refractivity contribution >= 4 is 11.5 Å². The van der Waals surface area contributed by atoms with Gasteiger partial charge in [0.1, 0.15) is 11.6 Å². The lowest BCUT2D eigenvalue weighted by molar-refractivity contribution is 0.616. The molecular formula is C15H18FN3. The van der Waals surface area contributed by atoms with Gasteiger partial charge in [-0.1, -0.05) is 18.2 Å². The van der Waals surface area contributed by atoms with Crippen LogP contribution in [0.1, 0.15) is 11.1 Å². The van der Waals surface area contributed by atoms with E-state index in [1.807, 2.05) is 50.2 Å². The first-order valence-electron chi connectivity index (χ1n) is 6.22. The summed E-state index contributed by atoms with van der Waals surface area (Å²) >= 11 is 0. The molecule has 2 aromatic rings. The van der Waals surface area contributed by atoms with E-state index in [-0.39, 0.29) is 5.82 Å². The van der Waals surface area contributed by atoms with Crippen LogP contribution in [0.4, 0.5) is 15.9 Å². The monoisotopic (exact) mass is 259 g/mol. The zero-order valence-corrected chi connectivity index (χ0v) is 11.4. The Kier molecular flexibility index (Phi) is 4.12. The Morgan fingerprint density at radius 3 is 2.74 bits per heavy atom. The van der Waals surface area contributed by atoms with Gasteiger partial charge in [0.05, 0.1) is 6.20 Å². The van der Waals surface area contributed by atoms with Crippen LogP contribution in [0.3, 0.4) is 0 Å². The highest BCUT2D eigenvalue weighted by molar-refractivity contribution is 5.65.